The second-order valence-electron chi connectivity index (χ2n) is 8.00. The lowest BCUT2D eigenvalue weighted by Crippen LogP contribution is -2.44. The number of carbonyl (C=O) groups excluding carboxylic acids is 1. The highest BCUT2D eigenvalue weighted by atomic mass is 35.5. The van der Waals surface area contributed by atoms with Crippen LogP contribution in [-0.4, -0.2) is 38.3 Å². The number of fused-ring (bicyclic) bond motifs is 1. The van der Waals surface area contributed by atoms with Gasteiger partial charge in [0.1, 0.15) is 5.75 Å². The van der Waals surface area contributed by atoms with E-state index in [1.165, 1.54) is 29.6 Å². The predicted octanol–water partition coefficient (Wildman–Crippen LogP) is 4.52. The van der Waals surface area contributed by atoms with Gasteiger partial charge in [0.2, 0.25) is 15.9 Å². The number of methoxy groups -OCH3 is 1. The van der Waals surface area contributed by atoms with Crippen molar-refractivity contribution >= 4 is 33.2 Å². The van der Waals surface area contributed by atoms with Crippen LogP contribution in [0.4, 0.5) is 5.69 Å². The number of carbonyl (C=O) groups is 1. The number of benzene rings is 3. The summed E-state index contributed by atoms with van der Waals surface area (Å²) in [6, 6.07) is 21.2. The van der Waals surface area contributed by atoms with Gasteiger partial charge in [0, 0.05) is 18.3 Å². The molecule has 1 heterocycles. The molecule has 33 heavy (non-hydrogen) atoms. The molecule has 3 aromatic rings. The molecule has 1 amide bonds. The monoisotopic (exact) mass is 484 g/mol. The van der Waals surface area contributed by atoms with Gasteiger partial charge in [-0.3, -0.25) is 4.79 Å². The van der Waals surface area contributed by atoms with Crippen molar-refractivity contribution in [1.82, 2.24) is 4.31 Å². The normalized spacial score (nSPS) is 15.5. The lowest BCUT2D eigenvalue weighted by Gasteiger charge is -2.27. The van der Waals surface area contributed by atoms with Gasteiger partial charge < -0.3 is 9.64 Å². The van der Waals surface area contributed by atoms with E-state index in [4.69, 9.17) is 16.3 Å². The molecule has 0 aromatic heterocycles. The number of rotatable bonds is 7. The standard InChI is InChI=1S/C25H25ClN2O4S/c1-18-14-20-10-6-7-11-23(20)28(18)25(29)17-27(16-19-8-4-3-5-9-19)33(30,31)21-12-13-24(32-2)22(26)15-21/h3-13,15,18H,14,16-17H2,1-2H3/t18-/m0/s1. The number of para-hydroxylation sites is 1. The van der Waals surface area contributed by atoms with E-state index in [0.29, 0.717) is 5.75 Å². The molecule has 1 aliphatic heterocycles. The fraction of sp³-hybridized carbons (Fsp3) is 0.240. The Hall–Kier alpha value is -2.87. The van der Waals surface area contributed by atoms with Crippen molar-refractivity contribution in [3.05, 3.63) is 88.9 Å². The summed E-state index contributed by atoms with van der Waals surface area (Å²) >= 11 is 6.20. The van der Waals surface area contributed by atoms with Crippen LogP contribution in [0.2, 0.25) is 5.02 Å². The minimum Gasteiger partial charge on any atom is -0.495 e. The molecule has 0 spiro atoms. The summed E-state index contributed by atoms with van der Waals surface area (Å²) in [5.74, 6) is 0.107. The molecule has 1 aliphatic rings. The number of nitrogens with zero attached hydrogens (tertiary/aromatic N) is 2. The largest absolute Gasteiger partial charge is 0.495 e. The second-order valence-corrected chi connectivity index (χ2v) is 10.3. The van der Waals surface area contributed by atoms with Crippen molar-refractivity contribution in [3.8, 4) is 5.75 Å². The van der Waals surface area contributed by atoms with Gasteiger partial charge in [-0.2, -0.15) is 4.31 Å². The first kappa shape index (κ1) is 23.3. The van der Waals surface area contributed by atoms with Crippen LogP contribution in [0.15, 0.2) is 77.7 Å². The van der Waals surface area contributed by atoms with Crippen LogP contribution in [0.25, 0.3) is 0 Å². The van der Waals surface area contributed by atoms with Crippen LogP contribution >= 0.6 is 11.6 Å². The Balaban J connectivity index is 1.68. The second kappa shape index (κ2) is 9.55. The third-order valence-electron chi connectivity index (χ3n) is 5.75. The van der Waals surface area contributed by atoms with Gasteiger partial charge in [-0.25, -0.2) is 8.42 Å². The molecular weight excluding hydrogens is 460 g/mol. The first-order chi connectivity index (χ1) is 15.8. The van der Waals surface area contributed by atoms with E-state index < -0.39 is 10.0 Å². The minimum absolute atomic E-state index is 0.00639. The lowest BCUT2D eigenvalue weighted by molar-refractivity contribution is -0.119. The van der Waals surface area contributed by atoms with Gasteiger partial charge >= 0.3 is 0 Å². The molecule has 6 nitrogen and oxygen atoms in total. The smallest absolute Gasteiger partial charge is 0.243 e. The highest BCUT2D eigenvalue weighted by Gasteiger charge is 2.34. The van der Waals surface area contributed by atoms with E-state index >= 15 is 0 Å². The first-order valence-corrected chi connectivity index (χ1v) is 12.4. The van der Waals surface area contributed by atoms with E-state index in [1.807, 2.05) is 61.5 Å². The molecule has 3 aromatic carbocycles. The van der Waals surface area contributed by atoms with E-state index in [9.17, 15) is 13.2 Å². The predicted molar refractivity (Wildman–Crippen MR) is 129 cm³/mol. The molecule has 0 fully saturated rings. The molecule has 0 saturated heterocycles. The van der Waals surface area contributed by atoms with Gasteiger partial charge in [0.15, 0.2) is 0 Å². The average Bonchev–Trinajstić information content (AvgIpc) is 3.15. The SMILES string of the molecule is COc1ccc(S(=O)(=O)N(CC(=O)N2c3ccccc3C[C@@H]2C)Cc2ccccc2)cc1Cl. The molecule has 0 radical (unpaired) electrons. The van der Waals surface area contributed by atoms with Gasteiger partial charge in [-0.1, -0.05) is 60.1 Å². The zero-order valence-corrected chi connectivity index (χ0v) is 20.0. The summed E-state index contributed by atoms with van der Waals surface area (Å²) in [7, 11) is -2.56. The van der Waals surface area contributed by atoms with Crippen LogP contribution < -0.4 is 9.64 Å². The van der Waals surface area contributed by atoms with Gasteiger partial charge in [0.05, 0.1) is 23.6 Å². The zero-order chi connectivity index (χ0) is 23.6. The van der Waals surface area contributed by atoms with E-state index in [2.05, 4.69) is 0 Å². The molecule has 4 rings (SSSR count). The lowest BCUT2D eigenvalue weighted by atomic mass is 10.1. The van der Waals surface area contributed by atoms with Gasteiger partial charge in [-0.05, 0) is 48.7 Å². The van der Waals surface area contributed by atoms with Crippen molar-refractivity contribution < 1.29 is 17.9 Å². The van der Waals surface area contributed by atoms with Crippen molar-refractivity contribution in [2.75, 3.05) is 18.6 Å². The Bertz CT molecular complexity index is 1260. The Kier molecular flexibility index (Phi) is 6.74. The number of sulfonamides is 1. The van der Waals surface area contributed by atoms with Gasteiger partial charge in [-0.15, -0.1) is 0 Å². The topological polar surface area (TPSA) is 66.9 Å². The maximum atomic E-state index is 13.6. The Morgan fingerprint density at radius 2 is 1.79 bits per heavy atom. The summed E-state index contributed by atoms with van der Waals surface area (Å²) in [5, 5.41) is 0.187. The molecule has 0 unspecified atom stereocenters. The van der Waals surface area contributed by atoms with Crippen LogP contribution in [0, 0.1) is 0 Å². The summed E-state index contributed by atoms with van der Waals surface area (Å²) in [4.78, 5) is 15.1. The molecule has 0 bridgehead atoms. The fourth-order valence-electron chi connectivity index (χ4n) is 4.14. The summed E-state index contributed by atoms with van der Waals surface area (Å²) < 4.78 is 33.6. The third-order valence-corrected chi connectivity index (χ3v) is 7.83. The number of hydrogen-bond acceptors (Lipinski definition) is 4. The number of hydrogen-bond donors (Lipinski definition) is 0. The van der Waals surface area contributed by atoms with E-state index in [-0.39, 0.29) is 35.0 Å². The average molecular weight is 485 g/mol. The molecular formula is C25H25ClN2O4S. The molecule has 1 atom stereocenters. The Morgan fingerprint density at radius 3 is 2.48 bits per heavy atom. The van der Waals surface area contributed by atoms with Crippen molar-refractivity contribution in [3.63, 3.8) is 0 Å². The Morgan fingerprint density at radius 1 is 1.09 bits per heavy atom. The van der Waals surface area contributed by atoms with Gasteiger partial charge in [0.25, 0.3) is 0 Å². The van der Waals surface area contributed by atoms with Crippen molar-refractivity contribution in [1.29, 1.82) is 0 Å². The van der Waals surface area contributed by atoms with Crippen LogP contribution in [0.3, 0.4) is 0 Å². The number of anilines is 1. The molecule has 8 heteroatoms. The summed E-state index contributed by atoms with van der Waals surface area (Å²) in [6.07, 6.45) is 0.738. The highest BCUT2D eigenvalue weighted by Crippen LogP contribution is 2.33. The van der Waals surface area contributed by atoms with Crippen LogP contribution in [0.5, 0.6) is 5.75 Å². The first-order valence-electron chi connectivity index (χ1n) is 10.6. The molecule has 0 saturated carbocycles. The summed E-state index contributed by atoms with van der Waals surface area (Å²) in [5.41, 5.74) is 2.70. The Labute approximate surface area is 199 Å². The quantitative estimate of drug-likeness (QED) is 0.494. The fourth-order valence-corrected chi connectivity index (χ4v) is 5.87. The van der Waals surface area contributed by atoms with Crippen molar-refractivity contribution in [2.45, 2.75) is 30.8 Å². The van der Waals surface area contributed by atoms with Crippen LogP contribution in [-0.2, 0) is 27.8 Å². The van der Waals surface area contributed by atoms with E-state index in [0.717, 1.165) is 23.2 Å². The van der Waals surface area contributed by atoms with Crippen LogP contribution in [0.1, 0.15) is 18.1 Å². The maximum Gasteiger partial charge on any atom is 0.243 e. The zero-order valence-electron chi connectivity index (χ0n) is 18.4. The maximum absolute atomic E-state index is 13.6. The molecule has 0 aliphatic carbocycles. The number of halogens is 1. The summed E-state index contributed by atoms with van der Waals surface area (Å²) in [6.45, 7) is 1.74. The molecule has 0 N–H and O–H groups in total. The highest BCUT2D eigenvalue weighted by molar-refractivity contribution is 7.89. The van der Waals surface area contributed by atoms with E-state index in [1.54, 1.807) is 4.90 Å². The number of amides is 1. The third kappa shape index (κ3) is 4.76. The van der Waals surface area contributed by atoms with Crippen molar-refractivity contribution in [2.24, 2.45) is 0 Å². The minimum atomic E-state index is -4.02. The number of ether oxygens (including phenoxy) is 1. The molecule has 172 valence electrons.